The van der Waals surface area contributed by atoms with Crippen molar-refractivity contribution in [2.75, 3.05) is 60.5 Å². The molecule has 176 valence electrons. The summed E-state index contributed by atoms with van der Waals surface area (Å²) in [5, 5.41) is 0. The Balaban J connectivity index is 1.45. The third-order valence-electron chi connectivity index (χ3n) is 6.41. The topological polar surface area (TPSA) is 53.3 Å². The van der Waals surface area contributed by atoms with Gasteiger partial charge in [0.25, 0.3) is 5.91 Å². The lowest BCUT2D eigenvalue weighted by Gasteiger charge is -2.34. The molecule has 0 unspecified atom stereocenters. The average Bonchev–Trinajstić information content (AvgIpc) is 3.22. The third-order valence-corrected chi connectivity index (χ3v) is 6.41. The molecule has 4 rings (SSSR count). The number of hydrogen-bond acceptors (Lipinski definition) is 5. The standard InChI is InChI=1S/C26H35N5O2/c1-19-15-22(16-20(2)25(19)33-5)21-7-8-24-27-23(18-31(24)17-21)26(32)30-13-11-29(12-14-30)10-6-9-28(3)4/h7-8,15-18H,6,9-14H2,1-5H3. The number of ether oxygens (including phenoxy) is 1. The summed E-state index contributed by atoms with van der Waals surface area (Å²) in [7, 11) is 5.91. The molecule has 0 saturated carbocycles. The van der Waals surface area contributed by atoms with Crippen LogP contribution in [0.15, 0.2) is 36.7 Å². The second-order valence-corrected chi connectivity index (χ2v) is 9.24. The highest BCUT2D eigenvalue weighted by Crippen LogP contribution is 2.30. The SMILES string of the molecule is COc1c(C)cc(-c2ccc3nc(C(=O)N4CCN(CCCN(C)C)CC4)cn3c2)cc1C. The molecule has 1 aliphatic rings. The molecule has 1 amide bonds. The van der Waals surface area contributed by atoms with Crippen LogP contribution in [0, 0.1) is 13.8 Å². The fourth-order valence-corrected chi connectivity index (χ4v) is 4.65. The first-order valence-corrected chi connectivity index (χ1v) is 11.7. The Labute approximate surface area is 196 Å². The molecule has 33 heavy (non-hydrogen) atoms. The summed E-state index contributed by atoms with van der Waals surface area (Å²) >= 11 is 0. The van der Waals surface area contributed by atoms with Gasteiger partial charge in [-0.25, -0.2) is 4.98 Å². The first-order valence-electron chi connectivity index (χ1n) is 11.7. The minimum atomic E-state index is 0.0179. The zero-order valence-corrected chi connectivity index (χ0v) is 20.5. The van der Waals surface area contributed by atoms with Crippen molar-refractivity contribution in [2.45, 2.75) is 20.3 Å². The van der Waals surface area contributed by atoms with E-state index in [0.29, 0.717) is 5.69 Å². The van der Waals surface area contributed by atoms with Gasteiger partial charge in [-0.05, 0) is 94.0 Å². The van der Waals surface area contributed by atoms with E-state index in [1.54, 1.807) is 7.11 Å². The number of imidazole rings is 1. The van der Waals surface area contributed by atoms with Gasteiger partial charge in [0.1, 0.15) is 17.1 Å². The summed E-state index contributed by atoms with van der Waals surface area (Å²) in [6, 6.07) is 8.30. The normalized spacial score (nSPS) is 14.9. The molecule has 7 heteroatoms. The Morgan fingerprint density at radius 3 is 2.36 bits per heavy atom. The maximum absolute atomic E-state index is 13.1. The monoisotopic (exact) mass is 449 g/mol. The molecule has 0 spiro atoms. The number of pyridine rings is 1. The first-order chi connectivity index (χ1) is 15.9. The number of nitrogens with zero attached hydrogens (tertiary/aromatic N) is 5. The van der Waals surface area contributed by atoms with Crippen molar-refractivity contribution in [3.8, 4) is 16.9 Å². The lowest BCUT2D eigenvalue weighted by Crippen LogP contribution is -2.49. The molecular formula is C26H35N5O2. The van der Waals surface area contributed by atoms with Crippen molar-refractivity contribution in [2.24, 2.45) is 0 Å². The predicted octanol–water partition coefficient (Wildman–Crippen LogP) is 3.34. The number of carbonyl (C=O) groups excluding carboxylic acids is 1. The number of amides is 1. The first kappa shape index (κ1) is 23.3. The zero-order valence-electron chi connectivity index (χ0n) is 20.5. The van der Waals surface area contributed by atoms with Crippen molar-refractivity contribution in [3.05, 3.63) is 53.5 Å². The highest BCUT2D eigenvalue weighted by atomic mass is 16.5. The summed E-state index contributed by atoms with van der Waals surface area (Å²) in [4.78, 5) is 24.3. The van der Waals surface area contributed by atoms with E-state index in [-0.39, 0.29) is 5.91 Å². The third kappa shape index (κ3) is 5.20. The van der Waals surface area contributed by atoms with E-state index in [1.165, 1.54) is 0 Å². The molecule has 1 fully saturated rings. The van der Waals surface area contributed by atoms with E-state index in [0.717, 1.165) is 79.3 Å². The second kappa shape index (κ2) is 9.93. The molecule has 7 nitrogen and oxygen atoms in total. The van der Waals surface area contributed by atoms with E-state index in [1.807, 2.05) is 27.8 Å². The van der Waals surface area contributed by atoms with Crippen LogP contribution in [0.1, 0.15) is 28.0 Å². The molecule has 1 saturated heterocycles. The van der Waals surface area contributed by atoms with Crippen LogP contribution in [-0.2, 0) is 0 Å². The Morgan fingerprint density at radius 2 is 1.73 bits per heavy atom. The average molecular weight is 450 g/mol. The number of piperazine rings is 1. The number of aryl methyl sites for hydroxylation is 2. The second-order valence-electron chi connectivity index (χ2n) is 9.24. The molecule has 0 aliphatic carbocycles. The largest absolute Gasteiger partial charge is 0.496 e. The van der Waals surface area contributed by atoms with Gasteiger partial charge in [-0.15, -0.1) is 0 Å². The Hall–Kier alpha value is -2.90. The van der Waals surface area contributed by atoms with Gasteiger partial charge in [-0.3, -0.25) is 9.69 Å². The molecule has 0 atom stereocenters. The van der Waals surface area contributed by atoms with Crippen molar-refractivity contribution in [3.63, 3.8) is 0 Å². The van der Waals surface area contributed by atoms with Gasteiger partial charge < -0.3 is 18.9 Å². The predicted molar refractivity (Wildman–Crippen MR) is 132 cm³/mol. The number of methoxy groups -OCH3 is 1. The van der Waals surface area contributed by atoms with Gasteiger partial charge in [0.05, 0.1) is 7.11 Å². The molecule has 2 aromatic heterocycles. The summed E-state index contributed by atoms with van der Waals surface area (Å²) in [6.45, 7) is 9.65. The van der Waals surface area contributed by atoms with E-state index >= 15 is 0 Å². The number of fused-ring (bicyclic) bond motifs is 1. The van der Waals surface area contributed by atoms with E-state index in [9.17, 15) is 4.79 Å². The van der Waals surface area contributed by atoms with Crippen LogP contribution in [0.25, 0.3) is 16.8 Å². The molecular weight excluding hydrogens is 414 g/mol. The van der Waals surface area contributed by atoms with Gasteiger partial charge in [0.15, 0.2) is 0 Å². The molecule has 3 aromatic rings. The molecule has 0 radical (unpaired) electrons. The number of carbonyl (C=O) groups is 1. The molecule has 1 aromatic carbocycles. The maximum Gasteiger partial charge on any atom is 0.274 e. The quantitative estimate of drug-likeness (QED) is 0.554. The van der Waals surface area contributed by atoms with Crippen LogP contribution in [0.2, 0.25) is 0 Å². The van der Waals surface area contributed by atoms with Crippen LogP contribution in [0.4, 0.5) is 0 Å². The smallest absolute Gasteiger partial charge is 0.274 e. The van der Waals surface area contributed by atoms with Gasteiger partial charge in [-0.2, -0.15) is 0 Å². The number of rotatable bonds is 7. The van der Waals surface area contributed by atoms with Crippen molar-refractivity contribution >= 4 is 11.6 Å². The summed E-state index contributed by atoms with van der Waals surface area (Å²) < 4.78 is 7.45. The van der Waals surface area contributed by atoms with Crippen LogP contribution in [0.3, 0.4) is 0 Å². The zero-order chi connectivity index (χ0) is 23.5. The Morgan fingerprint density at radius 1 is 1.03 bits per heavy atom. The Bertz CT molecular complexity index is 1110. The Kier molecular flexibility index (Phi) is 7.00. The minimum Gasteiger partial charge on any atom is -0.496 e. The van der Waals surface area contributed by atoms with Gasteiger partial charge >= 0.3 is 0 Å². The summed E-state index contributed by atoms with van der Waals surface area (Å²) in [5.41, 5.74) is 5.71. The molecule has 0 N–H and O–H groups in total. The van der Waals surface area contributed by atoms with Crippen LogP contribution < -0.4 is 4.74 Å². The summed E-state index contributed by atoms with van der Waals surface area (Å²) in [6.07, 6.45) is 5.05. The molecule has 0 bridgehead atoms. The fourth-order valence-electron chi connectivity index (χ4n) is 4.65. The van der Waals surface area contributed by atoms with Crippen LogP contribution in [0.5, 0.6) is 5.75 Å². The van der Waals surface area contributed by atoms with Crippen molar-refractivity contribution in [1.82, 2.24) is 24.1 Å². The number of benzene rings is 1. The van der Waals surface area contributed by atoms with Gasteiger partial charge in [0.2, 0.25) is 0 Å². The number of aromatic nitrogens is 2. The highest BCUT2D eigenvalue weighted by Gasteiger charge is 2.24. The number of hydrogen-bond donors (Lipinski definition) is 0. The van der Waals surface area contributed by atoms with Crippen LogP contribution in [-0.4, -0.2) is 90.5 Å². The maximum atomic E-state index is 13.1. The van der Waals surface area contributed by atoms with Crippen molar-refractivity contribution in [1.29, 1.82) is 0 Å². The lowest BCUT2D eigenvalue weighted by atomic mass is 10.0. The molecule has 3 heterocycles. The highest BCUT2D eigenvalue weighted by molar-refractivity contribution is 5.93. The summed E-state index contributed by atoms with van der Waals surface area (Å²) in [5.74, 6) is 0.942. The van der Waals surface area contributed by atoms with Crippen molar-refractivity contribution < 1.29 is 9.53 Å². The lowest BCUT2D eigenvalue weighted by molar-refractivity contribution is 0.0628. The fraction of sp³-hybridized carbons (Fsp3) is 0.462. The van der Waals surface area contributed by atoms with Gasteiger partial charge in [-0.1, -0.05) is 0 Å². The van der Waals surface area contributed by atoms with Gasteiger partial charge in [0, 0.05) is 38.6 Å². The van der Waals surface area contributed by atoms with E-state index in [2.05, 4.69) is 60.9 Å². The van der Waals surface area contributed by atoms with Crippen LogP contribution >= 0.6 is 0 Å². The van der Waals surface area contributed by atoms with E-state index in [4.69, 9.17) is 4.74 Å². The molecule has 1 aliphatic heterocycles. The van der Waals surface area contributed by atoms with E-state index < -0.39 is 0 Å². The minimum absolute atomic E-state index is 0.0179.